The zero-order chi connectivity index (χ0) is 25.9. The van der Waals surface area contributed by atoms with Gasteiger partial charge < -0.3 is 25.3 Å². The smallest absolute Gasteiger partial charge is 0.336 e. The molecule has 1 aromatic heterocycles. The Kier molecular flexibility index (Phi) is 11.7. The summed E-state index contributed by atoms with van der Waals surface area (Å²) in [5.74, 6) is -6.54. The fraction of sp³-hybridized carbons (Fsp3) is 0.409. The highest BCUT2D eigenvalue weighted by atomic mass is 32.1. The van der Waals surface area contributed by atoms with E-state index in [1.807, 2.05) is 25.5 Å². The van der Waals surface area contributed by atoms with Crippen molar-refractivity contribution in [1.29, 1.82) is 0 Å². The second kappa shape index (κ2) is 13.7. The summed E-state index contributed by atoms with van der Waals surface area (Å²) in [5, 5.41) is 35.8. The van der Waals surface area contributed by atoms with Crippen LogP contribution in [0.5, 0.6) is 0 Å². The molecule has 0 saturated carbocycles. The second-order valence-electron chi connectivity index (χ2n) is 7.78. The molecule has 0 aliphatic heterocycles. The van der Waals surface area contributed by atoms with Gasteiger partial charge in [-0.2, -0.15) is 0 Å². The molecule has 1 aromatic carbocycles. The fourth-order valence-electron chi connectivity index (χ4n) is 2.80. The molecule has 12 heteroatoms. The maximum absolute atomic E-state index is 13.8. The molecular formula is C22H28F2N2O7S. The number of carboxylic acid groups (broad SMARTS) is 3. The predicted molar refractivity (Wildman–Crippen MR) is 120 cm³/mol. The van der Waals surface area contributed by atoms with E-state index in [1.165, 1.54) is 4.88 Å². The van der Waals surface area contributed by atoms with Gasteiger partial charge in [0.1, 0.15) is 0 Å². The van der Waals surface area contributed by atoms with Gasteiger partial charge >= 0.3 is 17.9 Å². The summed E-state index contributed by atoms with van der Waals surface area (Å²) >= 11 is 1.68. The van der Waals surface area contributed by atoms with E-state index in [9.17, 15) is 23.2 Å². The van der Waals surface area contributed by atoms with Crippen LogP contribution in [0.1, 0.15) is 23.3 Å². The second-order valence-corrected chi connectivity index (χ2v) is 8.82. The largest absolute Gasteiger partial charge is 0.481 e. The van der Waals surface area contributed by atoms with Crippen molar-refractivity contribution in [1.82, 2.24) is 9.80 Å². The van der Waals surface area contributed by atoms with E-state index in [1.54, 1.807) is 23.5 Å². The molecule has 0 fully saturated rings. The molecule has 188 valence electrons. The van der Waals surface area contributed by atoms with Gasteiger partial charge in [0, 0.05) is 36.6 Å². The van der Waals surface area contributed by atoms with Crippen LogP contribution in [0.3, 0.4) is 0 Å². The number of nitrogens with zero attached hydrogens (tertiary/aromatic N) is 2. The minimum atomic E-state index is -2.74. The molecule has 9 nitrogen and oxygen atoms in total. The van der Waals surface area contributed by atoms with Gasteiger partial charge in [-0.15, -0.1) is 11.3 Å². The Labute approximate surface area is 199 Å². The molecule has 0 aliphatic carbocycles. The Morgan fingerprint density at radius 3 is 2.03 bits per heavy atom. The maximum atomic E-state index is 13.8. The average Bonchev–Trinajstić information content (AvgIpc) is 3.21. The quantitative estimate of drug-likeness (QED) is 0.344. The van der Waals surface area contributed by atoms with Crippen LogP contribution in [0.2, 0.25) is 0 Å². The summed E-state index contributed by atoms with van der Waals surface area (Å²) < 4.78 is 27.2. The zero-order valence-electron chi connectivity index (χ0n) is 18.8. The van der Waals surface area contributed by atoms with Crippen LogP contribution in [0.4, 0.5) is 8.78 Å². The third-order valence-electron chi connectivity index (χ3n) is 4.53. The standard InChI is InChI=1S/C16H20F2N2S.C6H8O7/c1-19(2)8-9-20(12-14-6-4-10-21-14)11-13-5-3-7-15(17)16(13)18;7-3(8)1-6(13,5(11)12)2-4(9)10/h3-7,10H,8-9,11-12H2,1-2H3;13H,1-2H2,(H,7,8)(H,9,10)(H,11,12). The molecule has 0 bridgehead atoms. The number of hydrogen-bond acceptors (Lipinski definition) is 7. The first kappa shape index (κ1) is 29.1. The van der Waals surface area contributed by atoms with Crippen molar-refractivity contribution in [2.45, 2.75) is 31.5 Å². The van der Waals surface area contributed by atoms with Gasteiger partial charge in [-0.1, -0.05) is 18.2 Å². The van der Waals surface area contributed by atoms with E-state index in [0.717, 1.165) is 25.7 Å². The van der Waals surface area contributed by atoms with Crippen molar-refractivity contribution >= 4 is 29.2 Å². The molecule has 0 atom stereocenters. The van der Waals surface area contributed by atoms with Gasteiger partial charge in [-0.05, 0) is 31.6 Å². The lowest BCUT2D eigenvalue weighted by Crippen LogP contribution is -2.42. The third kappa shape index (κ3) is 10.3. The molecule has 0 spiro atoms. The zero-order valence-corrected chi connectivity index (χ0v) is 19.6. The van der Waals surface area contributed by atoms with Crippen molar-refractivity contribution in [3.05, 3.63) is 57.8 Å². The van der Waals surface area contributed by atoms with Gasteiger partial charge in [0.05, 0.1) is 12.8 Å². The van der Waals surface area contributed by atoms with Crippen LogP contribution in [0, 0.1) is 11.6 Å². The van der Waals surface area contributed by atoms with E-state index in [0.29, 0.717) is 12.1 Å². The lowest BCUT2D eigenvalue weighted by atomic mass is 9.96. The van der Waals surface area contributed by atoms with E-state index in [-0.39, 0.29) is 0 Å². The van der Waals surface area contributed by atoms with Crippen molar-refractivity contribution in [2.75, 3.05) is 27.2 Å². The molecule has 0 unspecified atom stereocenters. The third-order valence-corrected chi connectivity index (χ3v) is 5.40. The van der Waals surface area contributed by atoms with E-state index >= 15 is 0 Å². The summed E-state index contributed by atoms with van der Waals surface area (Å²) in [4.78, 5) is 35.9. The summed E-state index contributed by atoms with van der Waals surface area (Å²) in [7, 11) is 4.01. The lowest BCUT2D eigenvalue weighted by molar-refractivity contribution is -0.170. The monoisotopic (exact) mass is 502 g/mol. The van der Waals surface area contributed by atoms with E-state index in [4.69, 9.17) is 20.4 Å². The molecule has 4 N–H and O–H groups in total. The summed E-state index contributed by atoms with van der Waals surface area (Å²) in [6.45, 7) is 2.85. The highest BCUT2D eigenvalue weighted by Gasteiger charge is 2.40. The minimum Gasteiger partial charge on any atom is -0.481 e. The number of hydrogen-bond donors (Lipinski definition) is 4. The molecule has 0 radical (unpaired) electrons. The normalized spacial score (nSPS) is 11.3. The van der Waals surface area contributed by atoms with Gasteiger partial charge in [0.2, 0.25) is 0 Å². The molecular weight excluding hydrogens is 474 g/mol. The molecule has 2 rings (SSSR count). The van der Waals surface area contributed by atoms with Gasteiger partial charge in [0.15, 0.2) is 17.2 Å². The van der Waals surface area contributed by atoms with Crippen molar-refractivity contribution in [2.24, 2.45) is 0 Å². The van der Waals surface area contributed by atoms with E-state index < -0.39 is 48.0 Å². The SMILES string of the molecule is CN(C)CCN(Cc1cccs1)Cc1cccc(F)c1F.O=C(O)CC(O)(CC(=O)O)C(=O)O. The Morgan fingerprint density at radius 2 is 1.56 bits per heavy atom. The molecule has 0 saturated heterocycles. The number of thiophene rings is 1. The van der Waals surface area contributed by atoms with Crippen LogP contribution < -0.4 is 0 Å². The number of halogens is 2. The highest BCUT2D eigenvalue weighted by Crippen LogP contribution is 2.18. The molecule has 2 aromatic rings. The van der Waals surface area contributed by atoms with Crippen LogP contribution >= 0.6 is 11.3 Å². The Morgan fingerprint density at radius 1 is 0.941 bits per heavy atom. The minimum absolute atomic E-state index is 0.408. The number of benzene rings is 1. The summed E-state index contributed by atoms with van der Waals surface area (Å²) in [5.41, 5.74) is -2.33. The predicted octanol–water partition coefficient (Wildman–Crippen LogP) is 2.34. The number of carbonyl (C=O) groups is 3. The first-order valence-corrected chi connectivity index (χ1v) is 10.9. The van der Waals surface area contributed by atoms with Crippen molar-refractivity contribution < 1.29 is 43.6 Å². The highest BCUT2D eigenvalue weighted by molar-refractivity contribution is 7.09. The Hall–Kier alpha value is -2.93. The first-order chi connectivity index (χ1) is 15.8. The van der Waals surface area contributed by atoms with Crippen LogP contribution in [0.25, 0.3) is 0 Å². The Balaban J connectivity index is 0.000000385. The summed E-state index contributed by atoms with van der Waals surface area (Å²) in [6.07, 6.45) is -2.29. The number of likely N-dealkylation sites (N-methyl/N-ethyl adjacent to an activating group) is 1. The molecule has 0 amide bonds. The maximum Gasteiger partial charge on any atom is 0.336 e. The van der Waals surface area contributed by atoms with Crippen molar-refractivity contribution in [3.8, 4) is 0 Å². The van der Waals surface area contributed by atoms with Crippen LogP contribution in [0.15, 0.2) is 35.7 Å². The Bertz CT molecular complexity index is 939. The number of rotatable bonds is 12. The number of carboxylic acids is 3. The first-order valence-electron chi connectivity index (χ1n) is 10.1. The fourth-order valence-corrected chi connectivity index (χ4v) is 3.55. The number of aliphatic hydroxyl groups is 1. The number of aliphatic carboxylic acids is 3. The average molecular weight is 503 g/mol. The van der Waals surface area contributed by atoms with Crippen LogP contribution in [-0.4, -0.2) is 80.9 Å². The summed E-state index contributed by atoms with van der Waals surface area (Å²) in [6, 6.07) is 8.43. The van der Waals surface area contributed by atoms with Crippen molar-refractivity contribution in [3.63, 3.8) is 0 Å². The molecule has 1 heterocycles. The molecule has 0 aliphatic rings. The van der Waals surface area contributed by atoms with Gasteiger partial charge in [-0.3, -0.25) is 14.5 Å². The molecule has 34 heavy (non-hydrogen) atoms. The van der Waals surface area contributed by atoms with Gasteiger partial charge in [-0.25, -0.2) is 13.6 Å². The van der Waals surface area contributed by atoms with E-state index in [2.05, 4.69) is 15.9 Å². The van der Waals surface area contributed by atoms with Gasteiger partial charge in [0.25, 0.3) is 0 Å². The van der Waals surface area contributed by atoms with Crippen LogP contribution in [-0.2, 0) is 27.5 Å². The lowest BCUT2D eigenvalue weighted by Gasteiger charge is -2.24. The topological polar surface area (TPSA) is 139 Å².